The van der Waals surface area contributed by atoms with Gasteiger partial charge in [0.05, 0.1) is 26.1 Å². The summed E-state index contributed by atoms with van der Waals surface area (Å²) in [4.78, 5) is 1.76. The average Bonchev–Trinajstić information content (AvgIpc) is 2.63. The van der Waals surface area contributed by atoms with Crippen molar-refractivity contribution in [3.63, 3.8) is 0 Å². The lowest BCUT2D eigenvalue weighted by atomic mass is 9.75. The summed E-state index contributed by atoms with van der Waals surface area (Å²) in [6, 6.07) is 0. The van der Waals surface area contributed by atoms with Gasteiger partial charge in [-0.3, -0.25) is 0 Å². The molecule has 3 heteroatoms. The Morgan fingerprint density at radius 1 is 1.06 bits per heavy atom. The van der Waals surface area contributed by atoms with Crippen LogP contribution in [0, 0.1) is 5.92 Å². The van der Waals surface area contributed by atoms with Crippen LogP contribution in [0.25, 0.3) is 0 Å². The van der Waals surface area contributed by atoms with Gasteiger partial charge in [0.1, 0.15) is 5.54 Å². The van der Waals surface area contributed by atoms with Gasteiger partial charge in [0.25, 0.3) is 0 Å². The van der Waals surface area contributed by atoms with Crippen molar-refractivity contribution in [2.24, 2.45) is 5.92 Å². The normalized spacial score (nSPS) is 36.7. The van der Waals surface area contributed by atoms with Crippen LogP contribution in [0.3, 0.4) is 0 Å². The lowest BCUT2D eigenvalue weighted by Crippen LogP contribution is -3.25. The summed E-state index contributed by atoms with van der Waals surface area (Å²) in [5.41, 5.74) is 0.509. The molecule has 0 aromatic carbocycles. The molecule has 3 heterocycles. The van der Waals surface area contributed by atoms with Crippen LogP contribution in [0.4, 0.5) is 0 Å². The van der Waals surface area contributed by atoms with E-state index in [1.807, 2.05) is 0 Å². The highest BCUT2D eigenvalue weighted by Gasteiger charge is 2.55. The molecule has 3 nitrogen and oxygen atoms in total. The minimum Gasteiger partial charge on any atom is -0.396 e. The molecule has 3 fully saturated rings. The quantitative estimate of drug-likeness (QED) is 0.675. The summed E-state index contributed by atoms with van der Waals surface area (Å²) < 4.78 is 0. The molecule has 106 valence electrons. The minimum atomic E-state index is 0.378. The number of fused-ring (bicyclic) bond motifs is 1. The Labute approximate surface area is 112 Å². The molecule has 3 aliphatic rings. The lowest BCUT2D eigenvalue weighted by Gasteiger charge is -2.47. The SMILES string of the molecule is C1CCCNCC1.CC(CO)C12CCC[NH+]1CC2. The Kier molecular flexibility index (Phi) is 5.46. The van der Waals surface area contributed by atoms with Gasteiger partial charge in [-0.2, -0.15) is 0 Å². The van der Waals surface area contributed by atoms with E-state index in [0.29, 0.717) is 18.1 Å². The van der Waals surface area contributed by atoms with Gasteiger partial charge >= 0.3 is 0 Å². The minimum absolute atomic E-state index is 0.378. The van der Waals surface area contributed by atoms with Crippen molar-refractivity contribution in [2.75, 3.05) is 32.8 Å². The van der Waals surface area contributed by atoms with Crippen LogP contribution in [0.2, 0.25) is 0 Å². The molecule has 3 unspecified atom stereocenters. The van der Waals surface area contributed by atoms with E-state index >= 15 is 0 Å². The molecule has 0 aliphatic carbocycles. The zero-order valence-corrected chi connectivity index (χ0v) is 12.0. The van der Waals surface area contributed by atoms with Gasteiger partial charge < -0.3 is 15.3 Å². The molecule has 0 amide bonds. The van der Waals surface area contributed by atoms with Crippen molar-refractivity contribution in [1.29, 1.82) is 0 Å². The maximum absolute atomic E-state index is 9.10. The van der Waals surface area contributed by atoms with Gasteiger partial charge in [0, 0.05) is 18.8 Å². The number of nitrogens with one attached hydrogen (secondary N) is 2. The largest absolute Gasteiger partial charge is 0.396 e. The maximum Gasteiger partial charge on any atom is 0.108 e. The molecule has 0 saturated carbocycles. The van der Waals surface area contributed by atoms with Crippen LogP contribution in [-0.4, -0.2) is 43.4 Å². The maximum atomic E-state index is 9.10. The first-order valence-electron chi connectivity index (χ1n) is 7.96. The van der Waals surface area contributed by atoms with Crippen molar-refractivity contribution in [2.45, 2.75) is 57.4 Å². The number of aliphatic hydroxyl groups excluding tert-OH is 1. The predicted molar refractivity (Wildman–Crippen MR) is 74.9 cm³/mol. The predicted octanol–water partition coefficient (Wildman–Crippen LogP) is 0.586. The van der Waals surface area contributed by atoms with Crippen LogP contribution in [0.5, 0.6) is 0 Å². The van der Waals surface area contributed by atoms with E-state index in [1.54, 1.807) is 4.90 Å². The number of hydrogen-bond donors (Lipinski definition) is 3. The van der Waals surface area contributed by atoms with Gasteiger partial charge in [-0.15, -0.1) is 0 Å². The number of hydrogen-bond acceptors (Lipinski definition) is 2. The highest BCUT2D eigenvalue weighted by Crippen LogP contribution is 2.31. The fourth-order valence-corrected chi connectivity index (χ4v) is 3.91. The van der Waals surface area contributed by atoms with E-state index in [1.165, 1.54) is 71.1 Å². The van der Waals surface area contributed by atoms with Crippen LogP contribution < -0.4 is 10.2 Å². The van der Waals surface area contributed by atoms with E-state index < -0.39 is 0 Å². The van der Waals surface area contributed by atoms with Gasteiger partial charge in [0.2, 0.25) is 0 Å². The van der Waals surface area contributed by atoms with Crippen molar-refractivity contribution in [3.8, 4) is 0 Å². The fraction of sp³-hybridized carbons (Fsp3) is 1.00. The molecule has 3 atom stereocenters. The molecular weight excluding hydrogens is 224 g/mol. The fourth-order valence-electron chi connectivity index (χ4n) is 3.91. The Balaban J connectivity index is 0.000000149. The number of quaternary nitrogens is 1. The molecule has 0 radical (unpaired) electrons. The van der Waals surface area contributed by atoms with E-state index in [4.69, 9.17) is 5.11 Å². The standard InChI is InChI=1S/C9H17NO.C6H13N/c1-8(7-11)9-3-2-5-10(9)6-4-9;1-2-4-6-7-5-3-1/h8,11H,2-7H2,1H3;7H,1-6H2/p+1. The smallest absolute Gasteiger partial charge is 0.108 e. The van der Waals surface area contributed by atoms with E-state index in [2.05, 4.69) is 12.2 Å². The summed E-state index contributed by atoms with van der Waals surface area (Å²) in [6.07, 6.45) is 9.73. The third-order valence-electron chi connectivity index (χ3n) is 5.35. The summed E-state index contributed by atoms with van der Waals surface area (Å²) in [5.74, 6) is 0.522. The van der Waals surface area contributed by atoms with Crippen molar-refractivity contribution in [3.05, 3.63) is 0 Å². The molecule has 0 aromatic rings. The summed E-state index contributed by atoms with van der Waals surface area (Å²) in [7, 11) is 0. The van der Waals surface area contributed by atoms with Gasteiger partial charge in [-0.25, -0.2) is 0 Å². The first-order valence-corrected chi connectivity index (χ1v) is 7.96. The highest BCUT2D eigenvalue weighted by atomic mass is 16.3. The van der Waals surface area contributed by atoms with E-state index in [9.17, 15) is 0 Å². The van der Waals surface area contributed by atoms with Crippen LogP contribution in [0.15, 0.2) is 0 Å². The zero-order chi connectivity index (χ0) is 12.8. The third kappa shape index (κ3) is 3.06. The molecule has 0 bridgehead atoms. The Morgan fingerprint density at radius 2 is 1.78 bits per heavy atom. The molecule has 0 aromatic heterocycles. The van der Waals surface area contributed by atoms with E-state index in [-0.39, 0.29) is 0 Å². The molecule has 3 saturated heterocycles. The van der Waals surface area contributed by atoms with Crippen molar-refractivity contribution >= 4 is 0 Å². The van der Waals surface area contributed by atoms with Crippen molar-refractivity contribution < 1.29 is 10.0 Å². The van der Waals surface area contributed by atoms with Crippen LogP contribution in [-0.2, 0) is 0 Å². The first-order chi connectivity index (χ1) is 8.79. The molecule has 3 N–H and O–H groups in total. The molecule has 0 spiro atoms. The highest BCUT2D eigenvalue weighted by molar-refractivity contribution is 4.92. The zero-order valence-electron chi connectivity index (χ0n) is 12.0. The Bertz CT molecular complexity index is 227. The second kappa shape index (κ2) is 6.88. The van der Waals surface area contributed by atoms with Gasteiger partial charge in [-0.05, 0) is 25.9 Å². The number of rotatable bonds is 2. The Morgan fingerprint density at radius 3 is 2.28 bits per heavy atom. The van der Waals surface area contributed by atoms with Gasteiger partial charge in [-0.1, -0.05) is 19.8 Å². The monoisotopic (exact) mass is 255 g/mol. The topological polar surface area (TPSA) is 36.7 Å². The molecule has 3 aliphatic heterocycles. The first kappa shape index (κ1) is 14.3. The summed E-state index contributed by atoms with van der Waals surface area (Å²) in [6.45, 7) is 7.78. The summed E-state index contributed by atoms with van der Waals surface area (Å²) in [5, 5.41) is 12.4. The van der Waals surface area contributed by atoms with Crippen molar-refractivity contribution in [1.82, 2.24) is 5.32 Å². The second-order valence-corrected chi connectivity index (χ2v) is 6.36. The molecule has 3 rings (SSSR count). The summed E-state index contributed by atoms with van der Waals surface area (Å²) >= 11 is 0. The third-order valence-corrected chi connectivity index (χ3v) is 5.35. The molecular formula is C15H31N2O+. The van der Waals surface area contributed by atoms with Crippen LogP contribution in [0.1, 0.15) is 51.9 Å². The molecule has 18 heavy (non-hydrogen) atoms. The van der Waals surface area contributed by atoms with Crippen LogP contribution >= 0.6 is 0 Å². The van der Waals surface area contributed by atoms with E-state index in [0.717, 1.165) is 0 Å². The number of aliphatic hydroxyl groups is 1. The second-order valence-electron chi connectivity index (χ2n) is 6.36. The van der Waals surface area contributed by atoms with Gasteiger partial charge in [0.15, 0.2) is 0 Å². The Hall–Kier alpha value is -0.120. The lowest BCUT2D eigenvalue weighted by molar-refractivity contribution is -0.988. The average molecular weight is 255 g/mol.